The van der Waals surface area contributed by atoms with E-state index in [9.17, 15) is 31.5 Å². The van der Waals surface area contributed by atoms with Crippen molar-refractivity contribution >= 4 is 40.5 Å². The first-order valence-electron chi connectivity index (χ1n) is 11.8. The lowest BCUT2D eigenvalue weighted by Crippen LogP contribution is -2.21. The number of H-pyrrole nitrogens is 1. The molecule has 1 unspecified atom stereocenters. The van der Waals surface area contributed by atoms with Gasteiger partial charge in [0.05, 0.1) is 34.3 Å². The maximum Gasteiger partial charge on any atom is 0.416 e. The monoisotopic (exact) mass is 588 g/mol. The van der Waals surface area contributed by atoms with Crippen molar-refractivity contribution in [3.05, 3.63) is 110 Å². The fourth-order valence-corrected chi connectivity index (χ4v) is 4.88. The van der Waals surface area contributed by atoms with Crippen LogP contribution < -0.4 is 16.4 Å². The quantitative estimate of drug-likeness (QED) is 0.140. The van der Waals surface area contributed by atoms with Gasteiger partial charge in [-0.25, -0.2) is 8.78 Å². The average Bonchev–Trinajstić information content (AvgIpc) is 3.56. The lowest BCUT2D eigenvalue weighted by Gasteiger charge is -2.20. The molecule has 8 nitrogen and oxygen atoms in total. The van der Waals surface area contributed by atoms with Crippen molar-refractivity contribution in [2.75, 3.05) is 18.1 Å². The summed E-state index contributed by atoms with van der Waals surface area (Å²) in [6.45, 7) is 0. The third-order valence-electron chi connectivity index (χ3n) is 6.44. The second kappa shape index (κ2) is 10.3. The lowest BCUT2D eigenvalue weighted by molar-refractivity contribution is -0.137. The maximum atomic E-state index is 14.2. The number of anilines is 2. The Labute approximate surface area is 233 Å². The van der Waals surface area contributed by atoms with Gasteiger partial charge in [0.15, 0.2) is 0 Å². The van der Waals surface area contributed by atoms with E-state index in [1.807, 2.05) is 0 Å². The van der Waals surface area contributed by atoms with Gasteiger partial charge in [-0.3, -0.25) is 19.7 Å². The molecule has 14 heteroatoms. The Balaban J connectivity index is 1.71. The topological polar surface area (TPSA) is 125 Å². The van der Waals surface area contributed by atoms with Crippen LogP contribution >= 0.6 is 11.6 Å². The Kier molecular flexibility index (Phi) is 6.99. The Morgan fingerprint density at radius 1 is 1.10 bits per heavy atom. The van der Waals surface area contributed by atoms with E-state index in [2.05, 4.69) is 25.8 Å². The number of carbonyl (C=O) groups excluding carboxylic acids is 2. The van der Waals surface area contributed by atoms with Crippen LogP contribution in [0, 0.1) is 11.6 Å². The number of nitrogens with two attached hydrogens (primary N) is 1. The minimum Gasteiger partial charge on any atom is -0.398 e. The molecule has 0 saturated heterocycles. The molecule has 5 N–H and O–H groups in total. The van der Waals surface area contributed by atoms with Gasteiger partial charge in [-0.1, -0.05) is 11.6 Å². The largest absolute Gasteiger partial charge is 0.416 e. The molecule has 3 aromatic carbocycles. The summed E-state index contributed by atoms with van der Waals surface area (Å²) in [5.74, 6) is -3.76. The number of aromatic amines is 1. The van der Waals surface area contributed by atoms with Crippen LogP contribution in [0.3, 0.4) is 0 Å². The molecule has 0 radical (unpaired) electrons. The highest BCUT2D eigenvalue weighted by molar-refractivity contribution is 6.31. The van der Waals surface area contributed by atoms with Gasteiger partial charge in [0, 0.05) is 46.2 Å². The maximum absolute atomic E-state index is 14.2. The summed E-state index contributed by atoms with van der Waals surface area (Å²) < 4.78 is 68.2. The molecule has 2 heterocycles. The number of fused-ring (bicyclic) bond motifs is 1. The molecule has 1 aromatic heterocycles. The molecule has 2 amide bonds. The predicted octanol–water partition coefficient (Wildman–Crippen LogP) is 5.49. The summed E-state index contributed by atoms with van der Waals surface area (Å²) in [4.78, 5) is 30.7. The molecule has 0 saturated carbocycles. The van der Waals surface area contributed by atoms with Gasteiger partial charge in [-0.15, -0.1) is 0 Å². The highest BCUT2D eigenvalue weighted by Crippen LogP contribution is 2.43. The molecular weight excluding hydrogens is 571 g/mol. The van der Waals surface area contributed by atoms with Crippen molar-refractivity contribution < 1.29 is 31.5 Å². The number of alkyl halides is 3. The van der Waals surface area contributed by atoms with Crippen molar-refractivity contribution in [1.29, 1.82) is 0 Å². The van der Waals surface area contributed by atoms with E-state index in [4.69, 9.17) is 17.3 Å². The highest BCUT2D eigenvalue weighted by atomic mass is 35.5. The fourth-order valence-electron chi connectivity index (χ4n) is 4.66. The summed E-state index contributed by atoms with van der Waals surface area (Å²) in [5, 5.41) is 11.8. The van der Waals surface area contributed by atoms with Gasteiger partial charge in [0.2, 0.25) is 0 Å². The Morgan fingerprint density at radius 2 is 1.85 bits per heavy atom. The predicted molar refractivity (Wildman–Crippen MR) is 141 cm³/mol. The van der Waals surface area contributed by atoms with Crippen LogP contribution in [0.4, 0.5) is 33.3 Å². The number of aromatic nitrogens is 2. The standard InChI is InChI=1S/C27H18ClF5N6O2/c1-35-23(18-4-5-36-39-18)16-10-19(37-25(40)11-6-12(27(31,32)33)8-14(30)7-11)20-21(22(16)34)26(41)38-24(20)15-9-13(29)2-3-17(15)28/h2-10,24H,34H2,1H3,(H,36,39)(H,37,40)(H,38,41). The number of nitrogens with one attached hydrogen (secondary N) is 3. The first-order valence-corrected chi connectivity index (χ1v) is 12.1. The molecule has 0 fully saturated rings. The highest BCUT2D eigenvalue weighted by Gasteiger charge is 2.38. The Bertz CT molecular complexity index is 1740. The summed E-state index contributed by atoms with van der Waals surface area (Å²) in [6.07, 6.45) is -3.47. The average molecular weight is 589 g/mol. The molecule has 1 atom stereocenters. The summed E-state index contributed by atoms with van der Waals surface area (Å²) in [7, 11) is 1.45. The van der Waals surface area contributed by atoms with E-state index in [0.29, 0.717) is 17.8 Å². The normalized spacial score (nSPS) is 15.0. The minimum atomic E-state index is -4.92. The lowest BCUT2D eigenvalue weighted by atomic mass is 9.91. The number of carbonyl (C=O) groups is 2. The number of halogens is 6. The zero-order valence-electron chi connectivity index (χ0n) is 20.8. The van der Waals surface area contributed by atoms with Crippen molar-refractivity contribution in [3.63, 3.8) is 0 Å². The van der Waals surface area contributed by atoms with Crippen molar-refractivity contribution in [1.82, 2.24) is 15.5 Å². The Morgan fingerprint density at radius 3 is 2.51 bits per heavy atom. The van der Waals surface area contributed by atoms with Crippen LogP contribution in [0.25, 0.3) is 0 Å². The smallest absolute Gasteiger partial charge is 0.398 e. The third-order valence-corrected chi connectivity index (χ3v) is 6.78. The zero-order valence-corrected chi connectivity index (χ0v) is 21.6. The molecule has 0 aliphatic carbocycles. The second-order valence-electron chi connectivity index (χ2n) is 8.97. The SMILES string of the molecule is CN=C(c1ccn[nH]1)c1cc(NC(=O)c2cc(F)cc(C(F)(F)F)c2)c2c(c1N)C(=O)NC2c1cc(F)ccc1Cl. The number of rotatable bonds is 5. The first kappa shape index (κ1) is 27.8. The van der Waals surface area contributed by atoms with Crippen molar-refractivity contribution in [2.45, 2.75) is 12.2 Å². The van der Waals surface area contributed by atoms with Crippen molar-refractivity contribution in [2.24, 2.45) is 4.99 Å². The molecule has 210 valence electrons. The Hall–Kier alpha value is -4.78. The van der Waals surface area contributed by atoms with Crippen LogP contribution in [-0.2, 0) is 6.18 Å². The number of amides is 2. The number of nitrogen functional groups attached to an aromatic ring is 1. The molecule has 0 bridgehead atoms. The first-order chi connectivity index (χ1) is 19.4. The molecular formula is C27H18ClF5N6O2. The van der Waals surface area contributed by atoms with Gasteiger partial charge in [-0.05, 0) is 48.5 Å². The fraction of sp³-hybridized carbons (Fsp3) is 0.111. The summed E-state index contributed by atoms with van der Waals surface area (Å²) in [5.41, 5.74) is 5.21. The second-order valence-corrected chi connectivity index (χ2v) is 9.38. The van der Waals surface area contributed by atoms with E-state index in [0.717, 1.165) is 12.1 Å². The van der Waals surface area contributed by atoms with Gasteiger partial charge in [-0.2, -0.15) is 18.3 Å². The van der Waals surface area contributed by atoms with Gasteiger partial charge in [0.25, 0.3) is 11.8 Å². The zero-order chi connectivity index (χ0) is 29.6. The summed E-state index contributed by atoms with van der Waals surface area (Å²) in [6, 6.07) is 6.69. The van der Waals surface area contributed by atoms with Crippen LogP contribution in [0.1, 0.15) is 54.7 Å². The number of hydrogen-bond donors (Lipinski definition) is 4. The van der Waals surface area contributed by atoms with E-state index < -0.39 is 46.8 Å². The van der Waals surface area contributed by atoms with Crippen LogP contribution in [-0.4, -0.2) is 34.8 Å². The number of aliphatic imine (C=N–C) groups is 1. The van der Waals surface area contributed by atoms with E-state index in [1.54, 1.807) is 6.07 Å². The number of nitrogens with zero attached hydrogens (tertiary/aromatic N) is 2. The van der Waals surface area contributed by atoms with E-state index in [1.165, 1.54) is 25.4 Å². The third kappa shape index (κ3) is 5.11. The molecule has 1 aliphatic rings. The number of benzene rings is 3. The molecule has 41 heavy (non-hydrogen) atoms. The molecule has 0 spiro atoms. The molecule has 5 rings (SSSR count). The van der Waals surface area contributed by atoms with Gasteiger partial charge >= 0.3 is 6.18 Å². The van der Waals surface area contributed by atoms with Crippen LogP contribution in [0.5, 0.6) is 0 Å². The van der Waals surface area contributed by atoms with Crippen molar-refractivity contribution in [3.8, 4) is 0 Å². The van der Waals surface area contributed by atoms with E-state index >= 15 is 0 Å². The molecule has 4 aromatic rings. The van der Waals surface area contributed by atoms with E-state index in [-0.39, 0.29) is 50.4 Å². The number of hydrogen-bond acceptors (Lipinski definition) is 5. The van der Waals surface area contributed by atoms with Crippen LogP contribution in [0.15, 0.2) is 59.7 Å². The van der Waals surface area contributed by atoms with Crippen LogP contribution in [0.2, 0.25) is 5.02 Å². The minimum absolute atomic E-state index is 0.0502. The van der Waals surface area contributed by atoms with Gasteiger partial charge in [0.1, 0.15) is 11.6 Å². The molecule has 1 aliphatic heterocycles. The summed E-state index contributed by atoms with van der Waals surface area (Å²) >= 11 is 6.32. The van der Waals surface area contributed by atoms with Gasteiger partial charge < -0.3 is 16.4 Å².